The Kier molecular flexibility index (Phi) is 8.28. The Bertz CT molecular complexity index is 762. The van der Waals surface area contributed by atoms with Gasteiger partial charge in [-0.3, -0.25) is 9.69 Å². The number of rotatable bonds is 6. The number of aryl methyl sites for hydroxylation is 2. The Morgan fingerprint density at radius 3 is 2.25 bits per heavy atom. The van der Waals surface area contributed by atoms with Gasteiger partial charge in [-0.05, 0) is 43.4 Å². The van der Waals surface area contributed by atoms with Crippen molar-refractivity contribution in [2.45, 2.75) is 39.2 Å². The van der Waals surface area contributed by atoms with Crippen LogP contribution in [0.1, 0.15) is 29.5 Å². The van der Waals surface area contributed by atoms with E-state index in [-0.39, 0.29) is 24.4 Å². The molecule has 3 nitrogen and oxygen atoms in total. The molecule has 1 aliphatic rings. The smallest absolute Gasteiger partial charge is 0.231 e. The molecule has 0 saturated carbocycles. The van der Waals surface area contributed by atoms with E-state index in [1.54, 1.807) is 0 Å². The average Bonchev–Trinajstić information content (AvgIpc) is 2.67. The molecular formula is C24H31ClN2O. The maximum absolute atomic E-state index is 13.4. The largest absolute Gasteiger partial charge is 0.308 e. The number of piperidine rings is 1. The summed E-state index contributed by atoms with van der Waals surface area (Å²) in [5.74, 6) is 0.195. The van der Waals surface area contributed by atoms with Gasteiger partial charge in [0.15, 0.2) is 0 Å². The van der Waals surface area contributed by atoms with Crippen molar-refractivity contribution in [3.8, 4) is 0 Å². The molecule has 3 rings (SSSR count). The Labute approximate surface area is 175 Å². The van der Waals surface area contributed by atoms with Crippen molar-refractivity contribution >= 4 is 24.0 Å². The van der Waals surface area contributed by atoms with E-state index < -0.39 is 0 Å². The lowest BCUT2D eigenvalue weighted by atomic mass is 9.98. The molecule has 0 atom stereocenters. The van der Waals surface area contributed by atoms with Gasteiger partial charge in [-0.2, -0.15) is 0 Å². The molecule has 1 heterocycles. The Hall–Kier alpha value is -2.10. The van der Waals surface area contributed by atoms with Crippen molar-refractivity contribution in [3.63, 3.8) is 0 Å². The van der Waals surface area contributed by atoms with E-state index in [0.29, 0.717) is 6.42 Å². The standard InChI is InChI=1S/C24H30N2O.ClH/c1-4-15-25-16-13-22(14-17-25)26(24-19(2)9-8-10-20(24)3)23(27)18-21-11-6-5-7-12-21;/h4-12,22H,1,13-18H2,2-3H3;1H. The Morgan fingerprint density at radius 1 is 1.07 bits per heavy atom. The summed E-state index contributed by atoms with van der Waals surface area (Å²) in [5, 5.41) is 0. The summed E-state index contributed by atoms with van der Waals surface area (Å²) >= 11 is 0. The number of likely N-dealkylation sites (tertiary alicyclic amines) is 1. The van der Waals surface area contributed by atoms with Crippen LogP contribution in [0.2, 0.25) is 0 Å². The zero-order chi connectivity index (χ0) is 19.2. The van der Waals surface area contributed by atoms with Crippen LogP contribution in [0.3, 0.4) is 0 Å². The van der Waals surface area contributed by atoms with Crippen LogP contribution in [0, 0.1) is 13.8 Å². The van der Waals surface area contributed by atoms with E-state index >= 15 is 0 Å². The van der Waals surface area contributed by atoms with Gasteiger partial charge in [0, 0.05) is 31.4 Å². The quantitative estimate of drug-likeness (QED) is 0.642. The molecule has 4 heteroatoms. The summed E-state index contributed by atoms with van der Waals surface area (Å²) in [6, 6.07) is 16.6. The number of benzene rings is 2. The maximum atomic E-state index is 13.4. The first-order valence-electron chi connectivity index (χ1n) is 9.85. The third-order valence-corrected chi connectivity index (χ3v) is 5.46. The second-order valence-corrected chi connectivity index (χ2v) is 7.49. The number of para-hydroxylation sites is 1. The van der Waals surface area contributed by atoms with Crippen LogP contribution in [-0.4, -0.2) is 36.5 Å². The fourth-order valence-corrected chi connectivity index (χ4v) is 4.09. The molecule has 0 spiro atoms. The molecule has 0 bridgehead atoms. The van der Waals surface area contributed by atoms with Crippen LogP contribution in [0.5, 0.6) is 0 Å². The van der Waals surface area contributed by atoms with Gasteiger partial charge in [-0.15, -0.1) is 19.0 Å². The van der Waals surface area contributed by atoms with Gasteiger partial charge in [-0.1, -0.05) is 54.6 Å². The number of halogens is 1. The van der Waals surface area contributed by atoms with E-state index in [2.05, 4.69) is 48.4 Å². The molecule has 0 radical (unpaired) electrons. The number of hydrogen-bond acceptors (Lipinski definition) is 2. The number of carbonyl (C=O) groups excluding carboxylic acids is 1. The van der Waals surface area contributed by atoms with E-state index in [1.165, 1.54) is 11.1 Å². The summed E-state index contributed by atoms with van der Waals surface area (Å²) in [4.78, 5) is 17.9. The highest BCUT2D eigenvalue weighted by molar-refractivity contribution is 5.96. The normalized spacial score (nSPS) is 14.9. The summed E-state index contributed by atoms with van der Waals surface area (Å²) in [6.45, 7) is 11.0. The second kappa shape index (κ2) is 10.4. The highest BCUT2D eigenvalue weighted by atomic mass is 35.5. The minimum atomic E-state index is 0. The first-order valence-corrected chi connectivity index (χ1v) is 9.85. The highest BCUT2D eigenvalue weighted by Crippen LogP contribution is 2.30. The zero-order valence-electron chi connectivity index (χ0n) is 16.9. The predicted octanol–water partition coefficient (Wildman–Crippen LogP) is 4.95. The first-order chi connectivity index (χ1) is 13.1. The topological polar surface area (TPSA) is 23.6 Å². The Morgan fingerprint density at radius 2 is 1.68 bits per heavy atom. The molecule has 1 fully saturated rings. The third kappa shape index (κ3) is 5.24. The fraction of sp³-hybridized carbons (Fsp3) is 0.375. The highest BCUT2D eigenvalue weighted by Gasteiger charge is 2.30. The van der Waals surface area contributed by atoms with Crippen molar-refractivity contribution in [2.75, 3.05) is 24.5 Å². The number of anilines is 1. The third-order valence-electron chi connectivity index (χ3n) is 5.46. The predicted molar refractivity (Wildman–Crippen MR) is 120 cm³/mol. The van der Waals surface area contributed by atoms with Crippen molar-refractivity contribution < 1.29 is 4.79 Å². The van der Waals surface area contributed by atoms with Gasteiger partial charge < -0.3 is 4.90 Å². The molecule has 0 unspecified atom stereocenters. The van der Waals surface area contributed by atoms with Crippen molar-refractivity contribution in [1.82, 2.24) is 4.90 Å². The number of nitrogens with zero attached hydrogens (tertiary/aromatic N) is 2. The summed E-state index contributed by atoms with van der Waals surface area (Å²) in [6.07, 6.45) is 4.41. The van der Waals surface area contributed by atoms with E-state index in [9.17, 15) is 4.79 Å². The number of hydrogen-bond donors (Lipinski definition) is 0. The summed E-state index contributed by atoms with van der Waals surface area (Å²) < 4.78 is 0. The Balaban J connectivity index is 0.00000280. The van der Waals surface area contributed by atoms with Gasteiger partial charge in [0.25, 0.3) is 0 Å². The molecule has 1 saturated heterocycles. The van der Waals surface area contributed by atoms with Crippen molar-refractivity contribution in [1.29, 1.82) is 0 Å². The van der Waals surface area contributed by atoms with E-state index in [4.69, 9.17) is 0 Å². The minimum Gasteiger partial charge on any atom is -0.308 e. The van der Waals surface area contributed by atoms with Crippen LogP contribution in [0.25, 0.3) is 0 Å². The van der Waals surface area contributed by atoms with Crippen LogP contribution in [0.15, 0.2) is 61.2 Å². The summed E-state index contributed by atoms with van der Waals surface area (Å²) in [7, 11) is 0. The van der Waals surface area contributed by atoms with Crippen molar-refractivity contribution in [3.05, 3.63) is 77.9 Å². The lowest BCUT2D eigenvalue weighted by Crippen LogP contribution is -2.48. The van der Waals surface area contributed by atoms with Crippen LogP contribution < -0.4 is 4.90 Å². The van der Waals surface area contributed by atoms with Gasteiger partial charge in [0.1, 0.15) is 0 Å². The van der Waals surface area contributed by atoms with E-state index in [1.807, 2.05) is 36.4 Å². The number of amides is 1. The van der Waals surface area contributed by atoms with Gasteiger partial charge >= 0.3 is 0 Å². The molecule has 0 aromatic heterocycles. The van der Waals surface area contributed by atoms with E-state index in [0.717, 1.165) is 43.7 Å². The monoisotopic (exact) mass is 398 g/mol. The molecule has 2 aromatic rings. The average molecular weight is 399 g/mol. The van der Waals surface area contributed by atoms with Gasteiger partial charge in [0.2, 0.25) is 5.91 Å². The molecule has 0 N–H and O–H groups in total. The van der Waals surface area contributed by atoms with Crippen molar-refractivity contribution in [2.24, 2.45) is 0 Å². The minimum absolute atomic E-state index is 0. The van der Waals surface area contributed by atoms with Gasteiger partial charge in [0.05, 0.1) is 6.42 Å². The lowest BCUT2D eigenvalue weighted by molar-refractivity contribution is -0.118. The molecule has 2 aromatic carbocycles. The van der Waals surface area contributed by atoms with Crippen LogP contribution in [0.4, 0.5) is 5.69 Å². The van der Waals surface area contributed by atoms with Crippen LogP contribution >= 0.6 is 12.4 Å². The lowest BCUT2D eigenvalue weighted by Gasteiger charge is -2.39. The number of carbonyl (C=O) groups is 1. The van der Waals surface area contributed by atoms with Crippen LogP contribution in [-0.2, 0) is 11.2 Å². The van der Waals surface area contributed by atoms with Gasteiger partial charge in [-0.25, -0.2) is 0 Å². The molecule has 150 valence electrons. The zero-order valence-corrected chi connectivity index (χ0v) is 17.8. The first kappa shape index (κ1) is 22.2. The SMILES string of the molecule is C=CCN1CCC(N(C(=O)Cc2ccccc2)c2c(C)cccc2C)CC1.Cl. The molecule has 0 aliphatic carbocycles. The molecular weight excluding hydrogens is 368 g/mol. The second-order valence-electron chi connectivity index (χ2n) is 7.49. The molecule has 1 aliphatic heterocycles. The molecule has 28 heavy (non-hydrogen) atoms. The summed E-state index contributed by atoms with van der Waals surface area (Å²) in [5.41, 5.74) is 4.51. The molecule has 1 amide bonds. The fourth-order valence-electron chi connectivity index (χ4n) is 4.09. The maximum Gasteiger partial charge on any atom is 0.231 e.